The van der Waals surface area contributed by atoms with Crippen molar-refractivity contribution in [2.24, 2.45) is 0 Å². The van der Waals surface area contributed by atoms with Gasteiger partial charge in [-0.15, -0.1) is 0 Å². The van der Waals surface area contributed by atoms with E-state index in [0.717, 1.165) is 0 Å². The van der Waals surface area contributed by atoms with Crippen LogP contribution in [-0.2, 0) is 11.2 Å². The van der Waals surface area contributed by atoms with E-state index in [9.17, 15) is 13.6 Å². The molecule has 1 aromatic rings. The third-order valence-corrected chi connectivity index (χ3v) is 2.03. The number of hydrogen-bond acceptors (Lipinski definition) is 3. The lowest BCUT2D eigenvalue weighted by Gasteiger charge is -2.09. The average molecular weight is 246 g/mol. The van der Waals surface area contributed by atoms with E-state index in [1.165, 1.54) is 19.2 Å². The SMILES string of the molecule is COc1cc(CCC(=O)O)cc(OC(F)F)c1. The summed E-state index contributed by atoms with van der Waals surface area (Å²) >= 11 is 0. The Morgan fingerprint density at radius 2 is 2.00 bits per heavy atom. The molecule has 0 radical (unpaired) electrons. The molecule has 0 saturated carbocycles. The molecule has 1 aromatic carbocycles. The Balaban J connectivity index is 2.84. The number of rotatable bonds is 6. The van der Waals surface area contributed by atoms with E-state index in [-0.39, 0.29) is 18.6 Å². The van der Waals surface area contributed by atoms with Crippen LogP contribution in [0, 0.1) is 0 Å². The maximum absolute atomic E-state index is 12.0. The lowest BCUT2D eigenvalue weighted by molar-refractivity contribution is -0.136. The van der Waals surface area contributed by atoms with Gasteiger partial charge in [-0.2, -0.15) is 8.78 Å². The van der Waals surface area contributed by atoms with E-state index < -0.39 is 12.6 Å². The number of alkyl halides is 2. The molecule has 1 N–H and O–H groups in total. The molecule has 0 unspecified atom stereocenters. The molecule has 94 valence electrons. The van der Waals surface area contributed by atoms with Gasteiger partial charge in [0.15, 0.2) is 0 Å². The molecule has 0 aliphatic heterocycles. The van der Waals surface area contributed by atoms with Gasteiger partial charge < -0.3 is 14.6 Å². The summed E-state index contributed by atoms with van der Waals surface area (Å²) in [6.07, 6.45) is 0.146. The highest BCUT2D eigenvalue weighted by molar-refractivity contribution is 5.67. The summed E-state index contributed by atoms with van der Waals surface area (Å²) in [4.78, 5) is 10.4. The molecule has 17 heavy (non-hydrogen) atoms. The van der Waals surface area contributed by atoms with E-state index in [1.54, 1.807) is 6.07 Å². The molecular formula is C11H12F2O4. The van der Waals surface area contributed by atoms with Gasteiger partial charge in [0.05, 0.1) is 7.11 Å². The fourth-order valence-electron chi connectivity index (χ4n) is 1.32. The summed E-state index contributed by atoms with van der Waals surface area (Å²) in [6.45, 7) is -2.92. The Morgan fingerprint density at radius 3 is 2.53 bits per heavy atom. The molecule has 1 rings (SSSR count). The molecule has 0 aliphatic carbocycles. The highest BCUT2D eigenvalue weighted by Crippen LogP contribution is 2.24. The topological polar surface area (TPSA) is 55.8 Å². The molecule has 6 heteroatoms. The minimum Gasteiger partial charge on any atom is -0.497 e. The van der Waals surface area contributed by atoms with E-state index in [2.05, 4.69) is 4.74 Å². The maximum atomic E-state index is 12.0. The van der Waals surface area contributed by atoms with Crippen LogP contribution in [0.15, 0.2) is 18.2 Å². The van der Waals surface area contributed by atoms with Gasteiger partial charge in [-0.3, -0.25) is 4.79 Å². The van der Waals surface area contributed by atoms with Crippen molar-refractivity contribution in [3.8, 4) is 11.5 Å². The van der Waals surface area contributed by atoms with Crippen molar-refractivity contribution in [2.45, 2.75) is 19.5 Å². The van der Waals surface area contributed by atoms with Crippen LogP contribution in [0.3, 0.4) is 0 Å². The standard InChI is InChI=1S/C11H12F2O4/c1-16-8-4-7(2-3-10(14)15)5-9(6-8)17-11(12)13/h4-6,11H,2-3H2,1H3,(H,14,15). The number of hydrogen-bond donors (Lipinski definition) is 1. The van der Waals surface area contributed by atoms with Gasteiger partial charge in [0, 0.05) is 12.5 Å². The summed E-state index contributed by atoms with van der Waals surface area (Å²) < 4.78 is 33.2. The van der Waals surface area contributed by atoms with Gasteiger partial charge in [-0.1, -0.05) is 0 Å². The molecule has 0 aromatic heterocycles. The molecule has 0 heterocycles. The first-order chi connectivity index (χ1) is 8.01. The van der Waals surface area contributed by atoms with Gasteiger partial charge in [-0.05, 0) is 24.1 Å². The smallest absolute Gasteiger partial charge is 0.387 e. The normalized spacial score (nSPS) is 10.4. The third-order valence-electron chi connectivity index (χ3n) is 2.03. The molecule has 0 aliphatic rings. The number of ether oxygens (including phenoxy) is 2. The molecular weight excluding hydrogens is 234 g/mol. The first-order valence-corrected chi connectivity index (χ1v) is 4.86. The lowest BCUT2D eigenvalue weighted by atomic mass is 10.1. The van der Waals surface area contributed by atoms with Crippen LogP contribution >= 0.6 is 0 Å². The molecule has 0 bridgehead atoms. The Morgan fingerprint density at radius 1 is 1.35 bits per heavy atom. The fourth-order valence-corrected chi connectivity index (χ4v) is 1.32. The largest absolute Gasteiger partial charge is 0.497 e. The van der Waals surface area contributed by atoms with Crippen molar-refractivity contribution in [1.82, 2.24) is 0 Å². The lowest BCUT2D eigenvalue weighted by Crippen LogP contribution is -2.03. The molecule has 0 spiro atoms. The molecule has 0 fully saturated rings. The van der Waals surface area contributed by atoms with Gasteiger partial charge in [0.2, 0.25) is 0 Å². The predicted molar refractivity (Wildman–Crippen MR) is 55.6 cm³/mol. The number of carboxylic acids is 1. The van der Waals surface area contributed by atoms with Gasteiger partial charge in [0.1, 0.15) is 11.5 Å². The summed E-state index contributed by atoms with van der Waals surface area (Å²) in [5.41, 5.74) is 0.572. The van der Waals surface area contributed by atoms with Gasteiger partial charge >= 0.3 is 12.6 Å². The molecule has 0 atom stereocenters. The summed E-state index contributed by atoms with van der Waals surface area (Å²) in [7, 11) is 1.39. The van der Waals surface area contributed by atoms with Crippen molar-refractivity contribution < 1.29 is 28.2 Å². The average Bonchev–Trinajstić information content (AvgIpc) is 2.25. The number of carboxylic acid groups (broad SMARTS) is 1. The molecule has 4 nitrogen and oxygen atoms in total. The van der Waals surface area contributed by atoms with Crippen molar-refractivity contribution in [3.05, 3.63) is 23.8 Å². The van der Waals surface area contributed by atoms with Crippen LogP contribution in [0.1, 0.15) is 12.0 Å². The summed E-state index contributed by atoms with van der Waals surface area (Å²) in [6, 6.07) is 4.27. The van der Waals surface area contributed by atoms with Crippen molar-refractivity contribution in [3.63, 3.8) is 0 Å². The summed E-state index contributed by atoms with van der Waals surface area (Å²) in [5.74, 6) is -0.646. The quantitative estimate of drug-likeness (QED) is 0.836. The minimum absolute atomic E-state index is 0.0419. The van der Waals surface area contributed by atoms with Crippen LogP contribution < -0.4 is 9.47 Å². The second kappa shape index (κ2) is 6.03. The van der Waals surface area contributed by atoms with E-state index >= 15 is 0 Å². The molecule has 0 saturated heterocycles. The number of carbonyl (C=O) groups is 1. The first kappa shape index (κ1) is 13.2. The van der Waals surface area contributed by atoms with Crippen molar-refractivity contribution in [1.29, 1.82) is 0 Å². The van der Waals surface area contributed by atoms with Gasteiger partial charge in [0.25, 0.3) is 0 Å². The number of aryl methyl sites for hydroxylation is 1. The van der Waals surface area contributed by atoms with Crippen LogP contribution in [-0.4, -0.2) is 24.8 Å². The Bertz CT molecular complexity index is 393. The van der Waals surface area contributed by atoms with E-state index in [0.29, 0.717) is 11.3 Å². The first-order valence-electron chi connectivity index (χ1n) is 4.86. The zero-order chi connectivity index (χ0) is 12.8. The van der Waals surface area contributed by atoms with Crippen LogP contribution in [0.5, 0.6) is 11.5 Å². The highest BCUT2D eigenvalue weighted by atomic mass is 19.3. The Labute approximate surface area is 96.8 Å². The second-order valence-electron chi connectivity index (χ2n) is 3.29. The van der Waals surface area contributed by atoms with Gasteiger partial charge in [-0.25, -0.2) is 0 Å². The molecule has 0 amide bonds. The monoisotopic (exact) mass is 246 g/mol. The zero-order valence-corrected chi connectivity index (χ0v) is 9.15. The third kappa shape index (κ3) is 4.67. The van der Waals surface area contributed by atoms with Crippen molar-refractivity contribution in [2.75, 3.05) is 7.11 Å². The number of methoxy groups -OCH3 is 1. The number of benzene rings is 1. The van der Waals surface area contributed by atoms with Crippen molar-refractivity contribution >= 4 is 5.97 Å². The maximum Gasteiger partial charge on any atom is 0.387 e. The minimum atomic E-state index is -2.92. The Kier molecular flexibility index (Phi) is 4.68. The van der Waals surface area contributed by atoms with Crippen LogP contribution in [0.2, 0.25) is 0 Å². The second-order valence-corrected chi connectivity index (χ2v) is 3.29. The van der Waals surface area contributed by atoms with E-state index in [4.69, 9.17) is 9.84 Å². The summed E-state index contributed by atoms with van der Waals surface area (Å²) in [5, 5.41) is 8.53. The highest BCUT2D eigenvalue weighted by Gasteiger charge is 2.08. The van der Waals surface area contributed by atoms with Crippen LogP contribution in [0.4, 0.5) is 8.78 Å². The van der Waals surface area contributed by atoms with E-state index in [1.807, 2.05) is 0 Å². The Hall–Kier alpha value is -1.85. The fraction of sp³-hybridized carbons (Fsp3) is 0.364. The number of aliphatic carboxylic acids is 1. The zero-order valence-electron chi connectivity index (χ0n) is 9.15. The predicted octanol–water partition coefficient (Wildman–Crippen LogP) is 2.31. The number of halogens is 2. The van der Waals surface area contributed by atoms with Crippen LogP contribution in [0.25, 0.3) is 0 Å².